The minimum atomic E-state index is 0.517. The molecule has 1 aromatic heterocycles. The first-order valence-corrected chi connectivity index (χ1v) is 9.77. The van der Waals surface area contributed by atoms with Crippen LogP contribution >= 0.6 is 11.3 Å². The highest BCUT2D eigenvalue weighted by Crippen LogP contribution is 2.33. The van der Waals surface area contributed by atoms with Gasteiger partial charge in [-0.05, 0) is 30.3 Å². The van der Waals surface area contributed by atoms with E-state index in [0.717, 1.165) is 23.6 Å². The van der Waals surface area contributed by atoms with Crippen molar-refractivity contribution in [2.24, 2.45) is 0 Å². The predicted octanol–water partition coefficient (Wildman–Crippen LogP) is 2.99. The molecule has 128 valence electrons. The van der Waals surface area contributed by atoms with Crippen molar-refractivity contribution in [3.05, 3.63) is 53.0 Å². The first-order chi connectivity index (χ1) is 12.4. The Hall–Kier alpha value is -2.11. The van der Waals surface area contributed by atoms with Crippen LogP contribution in [0.1, 0.15) is 29.5 Å². The SMILES string of the molecule is c1ccc2sc(C[NH+]3CCC[C@H]3c3ccc4c(c3)OCCO4)nc2c1. The maximum Gasteiger partial charge on any atom is 0.161 e. The van der Waals surface area contributed by atoms with Crippen LogP contribution in [0.4, 0.5) is 0 Å². The Morgan fingerprint density at radius 2 is 1.96 bits per heavy atom. The van der Waals surface area contributed by atoms with Crippen LogP contribution in [0.3, 0.4) is 0 Å². The molecule has 1 N–H and O–H groups in total. The van der Waals surface area contributed by atoms with Gasteiger partial charge in [-0.3, -0.25) is 0 Å². The predicted molar refractivity (Wildman–Crippen MR) is 98.6 cm³/mol. The van der Waals surface area contributed by atoms with E-state index in [1.54, 1.807) is 4.90 Å². The number of likely N-dealkylation sites (tertiary alicyclic amines) is 1. The molecule has 0 aliphatic carbocycles. The van der Waals surface area contributed by atoms with Gasteiger partial charge < -0.3 is 14.4 Å². The Bertz CT molecular complexity index is 875. The summed E-state index contributed by atoms with van der Waals surface area (Å²) in [5, 5.41) is 1.24. The van der Waals surface area contributed by atoms with Crippen molar-refractivity contribution in [1.82, 2.24) is 4.98 Å². The van der Waals surface area contributed by atoms with E-state index in [1.165, 1.54) is 34.7 Å². The largest absolute Gasteiger partial charge is 0.486 e. The van der Waals surface area contributed by atoms with E-state index in [9.17, 15) is 0 Å². The van der Waals surface area contributed by atoms with E-state index >= 15 is 0 Å². The second-order valence-electron chi connectivity index (χ2n) is 6.76. The lowest BCUT2D eigenvalue weighted by atomic mass is 10.0. The monoisotopic (exact) mass is 353 g/mol. The van der Waals surface area contributed by atoms with Crippen LogP contribution in [0.5, 0.6) is 11.5 Å². The second-order valence-corrected chi connectivity index (χ2v) is 7.87. The number of para-hydroxylation sites is 1. The molecule has 1 fully saturated rings. The summed E-state index contributed by atoms with van der Waals surface area (Å²) in [6, 6.07) is 15.4. The molecule has 5 rings (SSSR count). The van der Waals surface area contributed by atoms with Crippen molar-refractivity contribution in [3.63, 3.8) is 0 Å². The van der Waals surface area contributed by atoms with Gasteiger partial charge in [-0.15, -0.1) is 11.3 Å². The molecule has 1 saturated heterocycles. The second kappa shape index (κ2) is 6.32. The van der Waals surface area contributed by atoms with E-state index in [1.807, 2.05) is 11.3 Å². The van der Waals surface area contributed by atoms with Crippen molar-refractivity contribution in [3.8, 4) is 11.5 Å². The summed E-state index contributed by atoms with van der Waals surface area (Å²) in [5.41, 5.74) is 2.48. The van der Waals surface area contributed by atoms with Crippen molar-refractivity contribution in [2.75, 3.05) is 19.8 Å². The van der Waals surface area contributed by atoms with E-state index in [4.69, 9.17) is 14.5 Å². The van der Waals surface area contributed by atoms with Crippen LogP contribution in [-0.4, -0.2) is 24.7 Å². The van der Waals surface area contributed by atoms with E-state index in [-0.39, 0.29) is 0 Å². The quantitative estimate of drug-likeness (QED) is 0.786. The molecule has 2 atom stereocenters. The maximum atomic E-state index is 5.77. The molecule has 2 aliphatic heterocycles. The molecule has 2 aliphatic rings. The van der Waals surface area contributed by atoms with Gasteiger partial charge in [-0.2, -0.15) is 0 Å². The van der Waals surface area contributed by atoms with Gasteiger partial charge in [-0.25, -0.2) is 4.98 Å². The number of ether oxygens (including phenoxy) is 2. The maximum absolute atomic E-state index is 5.77. The van der Waals surface area contributed by atoms with Gasteiger partial charge in [0.15, 0.2) is 11.5 Å². The van der Waals surface area contributed by atoms with Crippen LogP contribution in [0.25, 0.3) is 10.2 Å². The number of thiazole rings is 1. The van der Waals surface area contributed by atoms with Crippen molar-refractivity contribution in [1.29, 1.82) is 0 Å². The third-order valence-corrected chi connectivity index (χ3v) is 6.20. The lowest BCUT2D eigenvalue weighted by Crippen LogP contribution is -3.08. The van der Waals surface area contributed by atoms with Gasteiger partial charge in [0, 0.05) is 18.4 Å². The first kappa shape index (κ1) is 15.2. The average Bonchev–Trinajstić information content (AvgIpc) is 3.27. The average molecular weight is 353 g/mol. The highest BCUT2D eigenvalue weighted by Gasteiger charge is 2.31. The fraction of sp³-hybridized carbons (Fsp3) is 0.350. The van der Waals surface area contributed by atoms with Crippen molar-refractivity contribution >= 4 is 21.6 Å². The highest BCUT2D eigenvalue weighted by atomic mass is 32.1. The minimum Gasteiger partial charge on any atom is -0.486 e. The zero-order valence-corrected chi connectivity index (χ0v) is 14.8. The Morgan fingerprint density at radius 3 is 2.88 bits per heavy atom. The van der Waals surface area contributed by atoms with E-state index in [0.29, 0.717) is 19.3 Å². The van der Waals surface area contributed by atoms with Gasteiger partial charge in [0.2, 0.25) is 0 Å². The number of hydrogen-bond donors (Lipinski definition) is 1. The molecule has 3 heterocycles. The van der Waals surface area contributed by atoms with Gasteiger partial charge in [0.1, 0.15) is 30.8 Å². The minimum absolute atomic E-state index is 0.517. The van der Waals surface area contributed by atoms with Crippen molar-refractivity contribution < 1.29 is 14.4 Å². The van der Waals surface area contributed by atoms with Gasteiger partial charge >= 0.3 is 0 Å². The molecule has 25 heavy (non-hydrogen) atoms. The van der Waals surface area contributed by atoms with Gasteiger partial charge in [0.25, 0.3) is 0 Å². The Kier molecular flexibility index (Phi) is 3.83. The number of hydrogen-bond acceptors (Lipinski definition) is 4. The molecular weight excluding hydrogens is 332 g/mol. The lowest BCUT2D eigenvalue weighted by molar-refractivity contribution is -0.932. The smallest absolute Gasteiger partial charge is 0.161 e. The number of benzene rings is 2. The van der Waals surface area contributed by atoms with Crippen LogP contribution in [0, 0.1) is 0 Å². The molecular formula is C20H21N2O2S+. The van der Waals surface area contributed by atoms with Crippen LogP contribution in [0.15, 0.2) is 42.5 Å². The molecule has 0 saturated carbocycles. The third-order valence-electron chi connectivity index (χ3n) is 5.17. The third kappa shape index (κ3) is 2.87. The number of quaternary nitrogens is 1. The first-order valence-electron chi connectivity index (χ1n) is 8.95. The van der Waals surface area contributed by atoms with Gasteiger partial charge in [-0.1, -0.05) is 12.1 Å². The summed E-state index contributed by atoms with van der Waals surface area (Å²) in [6.07, 6.45) is 2.49. The van der Waals surface area contributed by atoms with Crippen LogP contribution in [-0.2, 0) is 6.54 Å². The van der Waals surface area contributed by atoms with Crippen LogP contribution in [0.2, 0.25) is 0 Å². The molecule has 3 aromatic rings. The summed E-state index contributed by atoms with van der Waals surface area (Å²) in [4.78, 5) is 6.43. The summed E-state index contributed by atoms with van der Waals surface area (Å²) < 4.78 is 12.7. The number of rotatable bonds is 3. The zero-order valence-electron chi connectivity index (χ0n) is 14.0. The van der Waals surface area contributed by atoms with E-state index in [2.05, 4.69) is 42.5 Å². The Balaban J connectivity index is 1.40. The normalized spacial score (nSPS) is 22.4. The van der Waals surface area contributed by atoms with Crippen LogP contribution < -0.4 is 14.4 Å². The fourth-order valence-electron chi connectivity index (χ4n) is 3.99. The van der Waals surface area contributed by atoms with Gasteiger partial charge in [0.05, 0.1) is 16.8 Å². The molecule has 4 nitrogen and oxygen atoms in total. The number of aromatic nitrogens is 1. The summed E-state index contributed by atoms with van der Waals surface area (Å²) in [7, 11) is 0. The Labute approximate surface area is 151 Å². The molecule has 0 spiro atoms. The standard InChI is InChI=1S/C20H20N2O2S/c1-2-6-19-15(4-1)21-20(25-19)13-22-9-3-5-16(22)14-7-8-17-18(12-14)24-11-10-23-17/h1-2,4,6-8,12,16H,3,5,9-11,13H2/p+1/t16-/m0/s1. The number of nitrogens with one attached hydrogen (secondary N) is 1. The summed E-state index contributed by atoms with van der Waals surface area (Å²) in [5.74, 6) is 1.77. The molecule has 0 amide bonds. The lowest BCUT2D eigenvalue weighted by Gasteiger charge is -2.23. The molecule has 2 aromatic carbocycles. The fourth-order valence-corrected chi connectivity index (χ4v) is 5.01. The number of fused-ring (bicyclic) bond motifs is 2. The Morgan fingerprint density at radius 1 is 1.08 bits per heavy atom. The summed E-state index contributed by atoms with van der Waals surface area (Å²) in [6.45, 7) is 3.49. The van der Waals surface area contributed by atoms with E-state index < -0.39 is 0 Å². The highest BCUT2D eigenvalue weighted by molar-refractivity contribution is 7.18. The summed E-state index contributed by atoms with van der Waals surface area (Å²) >= 11 is 1.83. The zero-order chi connectivity index (χ0) is 16.6. The molecule has 5 heteroatoms. The topological polar surface area (TPSA) is 35.8 Å². The molecule has 1 unspecified atom stereocenters. The molecule has 0 radical (unpaired) electrons. The number of nitrogens with zero attached hydrogens (tertiary/aromatic N) is 1. The van der Waals surface area contributed by atoms with Crippen molar-refractivity contribution in [2.45, 2.75) is 25.4 Å². The molecule has 0 bridgehead atoms.